The molecule has 22 heavy (non-hydrogen) atoms. The minimum atomic E-state index is 1.26. The molecule has 110 valence electrons. The highest BCUT2D eigenvalue weighted by molar-refractivity contribution is 5.63. The lowest BCUT2D eigenvalue weighted by Crippen LogP contribution is -2.39. The molecular weight excluding hydrogens is 266 g/mol. The van der Waals surface area contributed by atoms with Crippen LogP contribution in [0.5, 0.6) is 0 Å². The zero-order chi connectivity index (χ0) is 15.7. The van der Waals surface area contributed by atoms with Gasteiger partial charge in [-0.3, -0.25) is 0 Å². The molecular formula is C21H22N+. The molecule has 0 bridgehead atoms. The number of hydrogen-bond donors (Lipinski definition) is 0. The van der Waals surface area contributed by atoms with Gasteiger partial charge in [0.25, 0.3) is 0 Å². The van der Waals surface area contributed by atoms with Crippen LogP contribution in [0.25, 0.3) is 16.8 Å². The van der Waals surface area contributed by atoms with Crippen molar-refractivity contribution in [2.45, 2.75) is 27.7 Å². The van der Waals surface area contributed by atoms with Crippen LogP contribution in [-0.2, 0) is 0 Å². The van der Waals surface area contributed by atoms with Gasteiger partial charge in [-0.2, -0.15) is 4.57 Å². The van der Waals surface area contributed by atoms with E-state index in [1.807, 2.05) is 0 Å². The van der Waals surface area contributed by atoms with Crippen molar-refractivity contribution in [3.63, 3.8) is 0 Å². The summed E-state index contributed by atoms with van der Waals surface area (Å²) in [6.07, 6.45) is 0. The maximum atomic E-state index is 2.36. The normalized spacial score (nSPS) is 10.7. The van der Waals surface area contributed by atoms with Crippen LogP contribution in [-0.4, -0.2) is 0 Å². The van der Waals surface area contributed by atoms with Crippen LogP contribution < -0.4 is 4.57 Å². The van der Waals surface area contributed by atoms with E-state index in [1.165, 1.54) is 39.3 Å². The van der Waals surface area contributed by atoms with E-state index >= 15 is 0 Å². The summed E-state index contributed by atoms with van der Waals surface area (Å²) in [6, 6.07) is 21.6. The molecule has 1 heterocycles. The van der Waals surface area contributed by atoms with Crippen LogP contribution >= 0.6 is 0 Å². The minimum Gasteiger partial charge on any atom is -0.162 e. The third-order valence-corrected chi connectivity index (χ3v) is 4.20. The number of hydrogen-bond acceptors (Lipinski definition) is 0. The van der Waals surface area contributed by atoms with Gasteiger partial charge in [-0.1, -0.05) is 48.5 Å². The quantitative estimate of drug-likeness (QED) is 0.593. The molecule has 0 aliphatic carbocycles. The predicted octanol–water partition coefficient (Wildman–Crippen LogP) is 4.86. The van der Waals surface area contributed by atoms with Crippen molar-refractivity contribution >= 4 is 0 Å². The van der Waals surface area contributed by atoms with Crippen molar-refractivity contribution in [2.75, 3.05) is 0 Å². The fraction of sp³-hybridized carbons (Fsp3) is 0.190. The van der Waals surface area contributed by atoms with Gasteiger partial charge in [-0.25, -0.2) is 0 Å². The minimum absolute atomic E-state index is 1.26. The Morgan fingerprint density at radius 2 is 1.14 bits per heavy atom. The predicted molar refractivity (Wildman–Crippen MR) is 92.4 cm³/mol. The first kappa shape index (κ1) is 14.5. The summed E-state index contributed by atoms with van der Waals surface area (Å²) in [7, 11) is 0. The smallest absolute Gasteiger partial charge is 0.162 e. The molecule has 0 aliphatic rings. The van der Waals surface area contributed by atoms with Crippen molar-refractivity contribution in [3.05, 3.63) is 83.2 Å². The number of aromatic nitrogens is 1. The summed E-state index contributed by atoms with van der Waals surface area (Å²) in [5, 5.41) is 0. The first-order chi connectivity index (χ1) is 10.6. The molecule has 1 nitrogen and oxygen atoms in total. The molecule has 0 aliphatic heterocycles. The van der Waals surface area contributed by atoms with E-state index in [4.69, 9.17) is 0 Å². The molecule has 0 unspecified atom stereocenters. The Hall–Kier alpha value is -2.41. The van der Waals surface area contributed by atoms with Crippen LogP contribution in [0.4, 0.5) is 0 Å². The van der Waals surface area contributed by atoms with Crippen molar-refractivity contribution in [3.8, 4) is 16.8 Å². The number of rotatable bonds is 2. The second-order valence-electron chi connectivity index (χ2n) is 5.97. The number of benzene rings is 2. The highest BCUT2D eigenvalue weighted by atomic mass is 15.0. The van der Waals surface area contributed by atoms with Gasteiger partial charge in [0, 0.05) is 37.1 Å². The average Bonchev–Trinajstić information content (AvgIpc) is 2.50. The number of nitrogens with zero attached hydrogens (tertiary/aromatic N) is 1. The summed E-state index contributed by atoms with van der Waals surface area (Å²) in [5.74, 6) is 0. The lowest BCUT2D eigenvalue weighted by atomic mass is 10.0. The summed E-state index contributed by atoms with van der Waals surface area (Å²) in [6.45, 7) is 8.73. The van der Waals surface area contributed by atoms with E-state index < -0.39 is 0 Å². The van der Waals surface area contributed by atoms with Gasteiger partial charge in [-0.15, -0.1) is 0 Å². The third kappa shape index (κ3) is 2.55. The summed E-state index contributed by atoms with van der Waals surface area (Å²) >= 11 is 0. The highest BCUT2D eigenvalue weighted by Gasteiger charge is 2.20. The first-order valence-corrected chi connectivity index (χ1v) is 7.73. The Morgan fingerprint density at radius 3 is 1.68 bits per heavy atom. The number of aryl methyl sites for hydroxylation is 4. The summed E-state index contributed by atoms with van der Waals surface area (Å²) in [4.78, 5) is 0. The Bertz CT molecular complexity index is 773. The monoisotopic (exact) mass is 288 g/mol. The molecule has 3 aromatic rings. The molecule has 0 N–H and O–H groups in total. The van der Waals surface area contributed by atoms with Crippen molar-refractivity contribution in [2.24, 2.45) is 0 Å². The average molecular weight is 288 g/mol. The maximum absolute atomic E-state index is 2.36. The molecule has 1 heteroatoms. The number of pyridine rings is 1. The van der Waals surface area contributed by atoms with E-state index in [0.717, 1.165) is 0 Å². The first-order valence-electron chi connectivity index (χ1n) is 7.73. The van der Waals surface area contributed by atoms with E-state index in [2.05, 4.69) is 92.9 Å². The lowest BCUT2D eigenvalue weighted by Gasteiger charge is -2.11. The fourth-order valence-corrected chi connectivity index (χ4v) is 3.21. The van der Waals surface area contributed by atoms with E-state index in [-0.39, 0.29) is 0 Å². The topological polar surface area (TPSA) is 3.88 Å². The van der Waals surface area contributed by atoms with E-state index in [1.54, 1.807) is 0 Å². The van der Waals surface area contributed by atoms with Crippen LogP contribution in [0.3, 0.4) is 0 Å². The SMILES string of the molecule is Cc1cccc(C)c1-[n+]1c(C)cc(-c2ccccc2)cc1C. The third-order valence-electron chi connectivity index (χ3n) is 4.20. The van der Waals surface area contributed by atoms with Gasteiger partial charge in [0.05, 0.1) is 0 Å². The number of para-hydroxylation sites is 1. The molecule has 3 rings (SSSR count). The molecule has 1 aromatic heterocycles. The fourth-order valence-electron chi connectivity index (χ4n) is 3.21. The van der Waals surface area contributed by atoms with E-state index in [9.17, 15) is 0 Å². The summed E-state index contributed by atoms with van der Waals surface area (Å²) < 4.78 is 2.36. The Labute approximate surface area is 132 Å². The standard InChI is InChI=1S/C21H22N/c1-15-9-8-10-16(2)21(15)22-17(3)13-20(14-18(22)4)19-11-6-5-7-12-19/h5-14H,1-4H3/q+1. The second-order valence-corrected chi connectivity index (χ2v) is 5.97. The molecule has 0 fully saturated rings. The lowest BCUT2D eigenvalue weighted by molar-refractivity contribution is -0.610. The van der Waals surface area contributed by atoms with Crippen LogP contribution in [0.1, 0.15) is 22.5 Å². The Morgan fingerprint density at radius 1 is 0.591 bits per heavy atom. The molecule has 0 saturated heterocycles. The molecule has 0 saturated carbocycles. The molecule has 2 aromatic carbocycles. The Kier molecular flexibility index (Phi) is 3.81. The zero-order valence-electron chi connectivity index (χ0n) is 13.7. The molecule has 0 atom stereocenters. The molecule has 0 amide bonds. The van der Waals surface area contributed by atoms with Gasteiger partial charge in [-0.05, 0) is 25.0 Å². The Balaban J connectivity index is 2.20. The second kappa shape index (κ2) is 5.76. The summed E-state index contributed by atoms with van der Waals surface area (Å²) in [5.41, 5.74) is 8.98. The van der Waals surface area contributed by atoms with Crippen LogP contribution in [0.15, 0.2) is 60.7 Å². The molecule has 0 radical (unpaired) electrons. The maximum Gasteiger partial charge on any atom is 0.216 e. The van der Waals surface area contributed by atoms with E-state index in [0.29, 0.717) is 0 Å². The van der Waals surface area contributed by atoms with Crippen molar-refractivity contribution < 1.29 is 4.57 Å². The highest BCUT2D eigenvalue weighted by Crippen LogP contribution is 2.22. The largest absolute Gasteiger partial charge is 0.216 e. The van der Waals surface area contributed by atoms with Gasteiger partial charge in [0.2, 0.25) is 5.69 Å². The van der Waals surface area contributed by atoms with Gasteiger partial charge in [0.15, 0.2) is 11.4 Å². The van der Waals surface area contributed by atoms with Crippen LogP contribution in [0, 0.1) is 27.7 Å². The van der Waals surface area contributed by atoms with Gasteiger partial charge in [0.1, 0.15) is 0 Å². The van der Waals surface area contributed by atoms with Gasteiger partial charge < -0.3 is 0 Å². The van der Waals surface area contributed by atoms with Crippen molar-refractivity contribution in [1.29, 1.82) is 0 Å². The van der Waals surface area contributed by atoms with Crippen LogP contribution in [0.2, 0.25) is 0 Å². The zero-order valence-corrected chi connectivity index (χ0v) is 13.7. The van der Waals surface area contributed by atoms with Crippen molar-refractivity contribution in [1.82, 2.24) is 0 Å². The molecule has 0 spiro atoms. The van der Waals surface area contributed by atoms with Gasteiger partial charge >= 0.3 is 0 Å².